The average Bonchev–Trinajstić information content (AvgIpc) is 3.17. The van der Waals surface area contributed by atoms with Gasteiger partial charge >= 0.3 is 0 Å². The lowest BCUT2D eigenvalue weighted by atomic mass is 10.1. The minimum atomic E-state index is -0.0269. The second-order valence-corrected chi connectivity index (χ2v) is 5.97. The van der Waals surface area contributed by atoms with Gasteiger partial charge in [0.05, 0.1) is 0 Å². The Kier molecular flexibility index (Phi) is 4.49. The predicted octanol–water partition coefficient (Wildman–Crippen LogP) is 2.36. The van der Waals surface area contributed by atoms with Gasteiger partial charge in [-0.3, -0.25) is 9.48 Å². The van der Waals surface area contributed by atoms with Crippen molar-refractivity contribution in [2.75, 3.05) is 23.3 Å². The number of aromatic nitrogens is 3. The van der Waals surface area contributed by atoms with E-state index in [0.29, 0.717) is 18.8 Å². The highest BCUT2D eigenvalue weighted by atomic mass is 32.1. The van der Waals surface area contributed by atoms with E-state index in [0.717, 1.165) is 18.2 Å². The number of anilines is 2. The fourth-order valence-electron chi connectivity index (χ4n) is 2.41. The van der Waals surface area contributed by atoms with E-state index in [9.17, 15) is 4.79 Å². The summed E-state index contributed by atoms with van der Waals surface area (Å²) in [7, 11) is 0. The number of hydrogen-bond donors (Lipinski definition) is 1. The highest BCUT2D eigenvalue weighted by molar-refractivity contribution is 7.14. The molecule has 0 bridgehead atoms. The van der Waals surface area contributed by atoms with E-state index in [1.807, 2.05) is 17.6 Å². The highest BCUT2D eigenvalue weighted by Gasteiger charge is 2.15. The van der Waals surface area contributed by atoms with E-state index < -0.39 is 0 Å². The normalized spacial score (nSPS) is 15.1. The molecule has 112 valence electrons. The number of carbonyl (C=O) groups excluding carboxylic acids is 1. The third-order valence-electron chi connectivity index (χ3n) is 3.51. The SMILES string of the molecule is O=C(CCn1cccn1)Nc1csc(N2CCCCC2)n1. The average molecular weight is 305 g/mol. The lowest BCUT2D eigenvalue weighted by Crippen LogP contribution is -2.29. The molecule has 1 fully saturated rings. The summed E-state index contributed by atoms with van der Waals surface area (Å²) in [4.78, 5) is 18.7. The van der Waals surface area contributed by atoms with Crippen LogP contribution < -0.4 is 10.2 Å². The number of thiazole rings is 1. The number of nitrogens with zero attached hydrogens (tertiary/aromatic N) is 4. The van der Waals surface area contributed by atoms with E-state index in [-0.39, 0.29) is 5.91 Å². The molecule has 1 amide bonds. The van der Waals surface area contributed by atoms with Crippen molar-refractivity contribution in [1.29, 1.82) is 0 Å². The first-order valence-electron chi connectivity index (χ1n) is 7.29. The molecule has 0 unspecified atom stereocenters. The summed E-state index contributed by atoms with van der Waals surface area (Å²) in [6.07, 6.45) is 7.72. The summed E-state index contributed by atoms with van der Waals surface area (Å²) < 4.78 is 1.75. The van der Waals surface area contributed by atoms with Gasteiger partial charge in [-0.15, -0.1) is 11.3 Å². The minimum absolute atomic E-state index is 0.0269. The molecule has 1 aliphatic heterocycles. The zero-order chi connectivity index (χ0) is 14.5. The molecule has 7 heteroatoms. The van der Waals surface area contributed by atoms with E-state index in [1.54, 1.807) is 22.2 Å². The van der Waals surface area contributed by atoms with Crippen molar-refractivity contribution >= 4 is 28.2 Å². The molecule has 1 saturated heterocycles. The monoisotopic (exact) mass is 305 g/mol. The maximum atomic E-state index is 11.9. The second-order valence-electron chi connectivity index (χ2n) is 5.13. The Morgan fingerprint density at radius 2 is 2.19 bits per heavy atom. The van der Waals surface area contributed by atoms with Gasteiger partial charge in [-0.25, -0.2) is 4.98 Å². The van der Waals surface area contributed by atoms with Crippen molar-refractivity contribution in [3.63, 3.8) is 0 Å². The molecule has 0 saturated carbocycles. The zero-order valence-electron chi connectivity index (χ0n) is 11.9. The zero-order valence-corrected chi connectivity index (χ0v) is 12.7. The minimum Gasteiger partial charge on any atom is -0.348 e. The fraction of sp³-hybridized carbons (Fsp3) is 0.500. The fourth-order valence-corrected chi connectivity index (χ4v) is 3.22. The van der Waals surface area contributed by atoms with Crippen LogP contribution in [0.1, 0.15) is 25.7 Å². The van der Waals surface area contributed by atoms with Gasteiger partial charge in [-0.05, 0) is 25.3 Å². The van der Waals surface area contributed by atoms with Gasteiger partial charge in [0.15, 0.2) is 5.13 Å². The smallest absolute Gasteiger partial charge is 0.227 e. The molecule has 0 spiro atoms. The number of piperidine rings is 1. The molecule has 1 aliphatic rings. The van der Waals surface area contributed by atoms with Gasteiger partial charge in [0.25, 0.3) is 0 Å². The Morgan fingerprint density at radius 3 is 2.95 bits per heavy atom. The molecule has 2 aromatic heterocycles. The summed E-state index contributed by atoms with van der Waals surface area (Å²) in [5, 5.41) is 9.86. The molecule has 1 N–H and O–H groups in total. The molecule has 3 heterocycles. The third kappa shape index (κ3) is 3.81. The Labute approximate surface area is 127 Å². The molecule has 6 nitrogen and oxygen atoms in total. The Bertz CT molecular complexity index is 574. The summed E-state index contributed by atoms with van der Waals surface area (Å²) in [6, 6.07) is 1.85. The highest BCUT2D eigenvalue weighted by Crippen LogP contribution is 2.26. The molecule has 0 radical (unpaired) electrons. The van der Waals surface area contributed by atoms with Gasteiger partial charge in [0.2, 0.25) is 5.91 Å². The number of aryl methyl sites for hydroxylation is 1. The topological polar surface area (TPSA) is 63.1 Å². The van der Waals surface area contributed by atoms with Crippen molar-refractivity contribution in [2.24, 2.45) is 0 Å². The van der Waals surface area contributed by atoms with Crippen LogP contribution in [-0.2, 0) is 11.3 Å². The second kappa shape index (κ2) is 6.71. The number of hydrogen-bond acceptors (Lipinski definition) is 5. The van der Waals surface area contributed by atoms with Crippen LogP contribution in [0.15, 0.2) is 23.8 Å². The Morgan fingerprint density at radius 1 is 1.33 bits per heavy atom. The first kappa shape index (κ1) is 14.1. The molecule has 3 rings (SSSR count). The lowest BCUT2D eigenvalue weighted by Gasteiger charge is -2.25. The van der Waals surface area contributed by atoms with Gasteiger partial charge in [0, 0.05) is 43.8 Å². The number of rotatable bonds is 5. The van der Waals surface area contributed by atoms with E-state index in [1.165, 1.54) is 19.3 Å². The van der Waals surface area contributed by atoms with Crippen LogP contribution in [0.2, 0.25) is 0 Å². The summed E-state index contributed by atoms with van der Waals surface area (Å²) in [5.74, 6) is 0.632. The number of amides is 1. The van der Waals surface area contributed by atoms with Crippen molar-refractivity contribution in [3.05, 3.63) is 23.8 Å². The lowest BCUT2D eigenvalue weighted by molar-refractivity contribution is -0.116. The summed E-state index contributed by atoms with van der Waals surface area (Å²) in [5.41, 5.74) is 0. The molecular formula is C14H19N5OS. The van der Waals surface area contributed by atoms with Crippen molar-refractivity contribution < 1.29 is 4.79 Å². The molecule has 21 heavy (non-hydrogen) atoms. The standard InChI is InChI=1S/C14H19N5OS/c20-13(5-10-19-9-4-6-15-19)16-12-11-21-14(17-12)18-7-2-1-3-8-18/h4,6,9,11H,1-3,5,7-8,10H2,(H,16,20). The summed E-state index contributed by atoms with van der Waals surface area (Å²) >= 11 is 1.60. The predicted molar refractivity (Wildman–Crippen MR) is 83.7 cm³/mol. The Balaban J connectivity index is 1.50. The van der Waals surface area contributed by atoms with Gasteiger partial charge in [-0.1, -0.05) is 0 Å². The first-order chi connectivity index (χ1) is 10.3. The van der Waals surface area contributed by atoms with Crippen LogP contribution in [-0.4, -0.2) is 33.8 Å². The van der Waals surface area contributed by atoms with Crippen molar-refractivity contribution in [3.8, 4) is 0 Å². The van der Waals surface area contributed by atoms with E-state index in [2.05, 4.69) is 20.3 Å². The molecule has 2 aromatic rings. The summed E-state index contributed by atoms with van der Waals surface area (Å²) in [6.45, 7) is 2.72. The molecule has 0 atom stereocenters. The quantitative estimate of drug-likeness (QED) is 0.921. The van der Waals surface area contributed by atoms with Gasteiger partial charge < -0.3 is 10.2 Å². The van der Waals surface area contributed by atoms with Crippen LogP contribution >= 0.6 is 11.3 Å². The van der Waals surface area contributed by atoms with E-state index >= 15 is 0 Å². The van der Waals surface area contributed by atoms with Crippen LogP contribution in [0.4, 0.5) is 10.9 Å². The largest absolute Gasteiger partial charge is 0.348 e. The maximum absolute atomic E-state index is 11.9. The number of carbonyl (C=O) groups is 1. The number of nitrogens with one attached hydrogen (secondary N) is 1. The van der Waals surface area contributed by atoms with Gasteiger partial charge in [-0.2, -0.15) is 5.10 Å². The van der Waals surface area contributed by atoms with E-state index in [4.69, 9.17) is 0 Å². The molecule has 0 aromatic carbocycles. The van der Waals surface area contributed by atoms with Crippen LogP contribution in [0, 0.1) is 0 Å². The van der Waals surface area contributed by atoms with Gasteiger partial charge in [0.1, 0.15) is 5.82 Å². The maximum Gasteiger partial charge on any atom is 0.227 e. The Hall–Kier alpha value is -1.89. The van der Waals surface area contributed by atoms with Crippen molar-refractivity contribution in [2.45, 2.75) is 32.2 Å². The molecular weight excluding hydrogens is 286 g/mol. The van der Waals surface area contributed by atoms with Crippen molar-refractivity contribution in [1.82, 2.24) is 14.8 Å². The molecule has 0 aliphatic carbocycles. The first-order valence-corrected chi connectivity index (χ1v) is 8.17. The van der Waals surface area contributed by atoms with Crippen LogP contribution in [0.5, 0.6) is 0 Å². The van der Waals surface area contributed by atoms with Crippen LogP contribution in [0.25, 0.3) is 0 Å². The van der Waals surface area contributed by atoms with Crippen LogP contribution in [0.3, 0.4) is 0 Å². The third-order valence-corrected chi connectivity index (χ3v) is 4.41.